The van der Waals surface area contributed by atoms with E-state index < -0.39 is 0 Å². The van der Waals surface area contributed by atoms with Crippen molar-refractivity contribution in [3.63, 3.8) is 0 Å². The zero-order valence-electron chi connectivity index (χ0n) is 13.3. The number of aryl methyl sites for hydroxylation is 1. The van der Waals surface area contributed by atoms with Gasteiger partial charge < -0.3 is 9.47 Å². The van der Waals surface area contributed by atoms with Crippen LogP contribution in [0.5, 0.6) is 11.5 Å². The molecular weight excluding hydrogens is 274 g/mol. The van der Waals surface area contributed by atoms with Gasteiger partial charge in [-0.25, -0.2) is 0 Å². The Kier molecular flexibility index (Phi) is 5.43. The number of hydrogen-bond acceptors (Lipinski definition) is 3. The van der Waals surface area contributed by atoms with Gasteiger partial charge in [0.05, 0.1) is 26.2 Å². The maximum absolute atomic E-state index is 9.56. The first-order chi connectivity index (χ1) is 10.7. The van der Waals surface area contributed by atoms with Crippen LogP contribution in [0.25, 0.3) is 0 Å². The first-order valence-corrected chi connectivity index (χ1v) is 7.41. The molecule has 0 aliphatic carbocycles. The van der Waals surface area contributed by atoms with Gasteiger partial charge in [-0.2, -0.15) is 5.26 Å². The molecule has 0 aliphatic heterocycles. The molecule has 2 aromatic rings. The first-order valence-electron chi connectivity index (χ1n) is 7.41. The van der Waals surface area contributed by atoms with Gasteiger partial charge in [-0.15, -0.1) is 0 Å². The van der Waals surface area contributed by atoms with Gasteiger partial charge in [0, 0.05) is 0 Å². The van der Waals surface area contributed by atoms with E-state index in [1.54, 1.807) is 14.2 Å². The molecule has 0 aliphatic rings. The van der Waals surface area contributed by atoms with Crippen molar-refractivity contribution in [3.05, 3.63) is 59.2 Å². The van der Waals surface area contributed by atoms with Crippen LogP contribution in [0.15, 0.2) is 42.5 Å². The average molecular weight is 295 g/mol. The van der Waals surface area contributed by atoms with Crippen LogP contribution in [0, 0.1) is 11.3 Å². The van der Waals surface area contributed by atoms with Crippen molar-refractivity contribution < 1.29 is 9.47 Å². The molecule has 0 radical (unpaired) electrons. The van der Waals surface area contributed by atoms with Crippen molar-refractivity contribution >= 4 is 0 Å². The third-order valence-corrected chi connectivity index (χ3v) is 3.83. The number of nitriles is 1. The summed E-state index contributed by atoms with van der Waals surface area (Å²) in [6.07, 6.45) is 1.59. The molecule has 0 saturated heterocycles. The SMILES string of the molecule is CCc1ccc(OC)c(CC(C#N)c2cccc(OC)c2)c1. The van der Waals surface area contributed by atoms with Crippen LogP contribution >= 0.6 is 0 Å². The number of hydrogen-bond donors (Lipinski definition) is 0. The Labute approximate surface area is 132 Å². The molecule has 114 valence electrons. The van der Waals surface area contributed by atoms with Crippen LogP contribution in [0.3, 0.4) is 0 Å². The number of nitrogens with zero attached hydrogens (tertiary/aromatic N) is 1. The summed E-state index contributed by atoms with van der Waals surface area (Å²) in [6, 6.07) is 16.3. The van der Waals surface area contributed by atoms with Crippen molar-refractivity contribution in [3.8, 4) is 17.6 Å². The minimum absolute atomic E-state index is 0.226. The summed E-state index contributed by atoms with van der Waals surface area (Å²) in [7, 11) is 3.30. The lowest BCUT2D eigenvalue weighted by molar-refractivity contribution is 0.408. The van der Waals surface area contributed by atoms with E-state index in [1.807, 2.05) is 30.3 Å². The van der Waals surface area contributed by atoms with E-state index >= 15 is 0 Å². The largest absolute Gasteiger partial charge is 0.497 e. The molecule has 0 aromatic heterocycles. The highest BCUT2D eigenvalue weighted by molar-refractivity contribution is 5.41. The summed E-state index contributed by atoms with van der Waals surface area (Å²) < 4.78 is 10.7. The Morgan fingerprint density at radius 1 is 1.09 bits per heavy atom. The molecule has 0 spiro atoms. The van der Waals surface area contributed by atoms with E-state index in [4.69, 9.17) is 9.47 Å². The van der Waals surface area contributed by atoms with Gasteiger partial charge in [-0.05, 0) is 47.7 Å². The standard InChI is InChI=1S/C19H21NO2/c1-4-14-8-9-19(22-3)16(10-14)11-17(13-20)15-6-5-7-18(12-15)21-2/h5-10,12,17H,4,11H2,1-3H3. The predicted octanol–water partition coefficient (Wildman–Crippen LogP) is 4.12. The second-order valence-corrected chi connectivity index (χ2v) is 5.16. The Balaban J connectivity index is 2.32. The Bertz CT molecular complexity index is 673. The van der Waals surface area contributed by atoms with Crippen molar-refractivity contribution in [2.45, 2.75) is 25.7 Å². The average Bonchev–Trinajstić information content (AvgIpc) is 2.59. The van der Waals surface area contributed by atoms with Crippen LogP contribution in [-0.4, -0.2) is 14.2 Å². The van der Waals surface area contributed by atoms with Gasteiger partial charge in [0.25, 0.3) is 0 Å². The molecule has 3 nitrogen and oxygen atoms in total. The molecule has 1 unspecified atom stereocenters. The molecule has 0 bridgehead atoms. The predicted molar refractivity (Wildman–Crippen MR) is 87.4 cm³/mol. The summed E-state index contributed by atoms with van der Waals surface area (Å²) >= 11 is 0. The van der Waals surface area contributed by atoms with Crippen molar-refractivity contribution in [1.82, 2.24) is 0 Å². The van der Waals surface area contributed by atoms with Crippen LogP contribution in [0.1, 0.15) is 29.5 Å². The monoisotopic (exact) mass is 295 g/mol. The summed E-state index contributed by atoms with van der Waals surface area (Å²) in [5.74, 6) is 1.38. The lowest BCUT2D eigenvalue weighted by Gasteiger charge is -2.14. The molecule has 3 heteroatoms. The maximum atomic E-state index is 9.56. The van der Waals surface area contributed by atoms with E-state index in [2.05, 4.69) is 25.1 Å². The minimum Gasteiger partial charge on any atom is -0.497 e. The van der Waals surface area contributed by atoms with Gasteiger partial charge in [0.2, 0.25) is 0 Å². The highest BCUT2D eigenvalue weighted by Gasteiger charge is 2.15. The number of methoxy groups -OCH3 is 2. The molecule has 2 aromatic carbocycles. The highest BCUT2D eigenvalue weighted by atomic mass is 16.5. The van der Waals surface area contributed by atoms with Crippen LogP contribution < -0.4 is 9.47 Å². The molecule has 1 atom stereocenters. The van der Waals surface area contributed by atoms with Crippen molar-refractivity contribution in [2.75, 3.05) is 14.2 Å². The number of rotatable bonds is 6. The fourth-order valence-electron chi connectivity index (χ4n) is 2.53. The van der Waals surface area contributed by atoms with E-state index in [9.17, 15) is 5.26 Å². The van der Waals surface area contributed by atoms with Crippen LogP contribution in [-0.2, 0) is 12.8 Å². The molecule has 0 fully saturated rings. The zero-order valence-corrected chi connectivity index (χ0v) is 13.3. The summed E-state index contributed by atoms with van der Waals surface area (Å²) in [5, 5.41) is 9.56. The minimum atomic E-state index is -0.226. The van der Waals surface area contributed by atoms with Crippen LogP contribution in [0.4, 0.5) is 0 Å². The van der Waals surface area contributed by atoms with E-state index in [1.165, 1.54) is 5.56 Å². The fourth-order valence-corrected chi connectivity index (χ4v) is 2.53. The van der Waals surface area contributed by atoms with Gasteiger partial charge in [-0.1, -0.05) is 31.2 Å². The maximum Gasteiger partial charge on any atom is 0.122 e. The molecule has 2 rings (SSSR count). The molecule has 0 heterocycles. The lowest BCUT2D eigenvalue weighted by Crippen LogP contribution is -2.03. The number of ether oxygens (including phenoxy) is 2. The third-order valence-electron chi connectivity index (χ3n) is 3.83. The molecule has 22 heavy (non-hydrogen) atoms. The van der Waals surface area contributed by atoms with E-state index in [0.29, 0.717) is 6.42 Å². The highest BCUT2D eigenvalue weighted by Crippen LogP contribution is 2.29. The quantitative estimate of drug-likeness (QED) is 0.805. The van der Waals surface area contributed by atoms with Crippen molar-refractivity contribution in [1.29, 1.82) is 5.26 Å². The Morgan fingerprint density at radius 3 is 2.55 bits per heavy atom. The van der Waals surface area contributed by atoms with E-state index in [-0.39, 0.29) is 5.92 Å². The normalized spacial score (nSPS) is 11.5. The summed E-state index contributed by atoms with van der Waals surface area (Å²) in [4.78, 5) is 0. The second-order valence-electron chi connectivity index (χ2n) is 5.16. The van der Waals surface area contributed by atoms with Crippen molar-refractivity contribution in [2.24, 2.45) is 0 Å². The smallest absolute Gasteiger partial charge is 0.122 e. The third kappa shape index (κ3) is 3.59. The van der Waals surface area contributed by atoms with Gasteiger partial charge in [0.15, 0.2) is 0 Å². The topological polar surface area (TPSA) is 42.2 Å². The second kappa shape index (κ2) is 7.51. The molecular formula is C19H21NO2. The summed E-state index contributed by atoms with van der Waals surface area (Å²) in [6.45, 7) is 2.12. The molecule has 0 saturated carbocycles. The summed E-state index contributed by atoms with van der Waals surface area (Å²) in [5.41, 5.74) is 3.28. The van der Waals surface area contributed by atoms with Crippen LogP contribution in [0.2, 0.25) is 0 Å². The Morgan fingerprint density at radius 2 is 1.91 bits per heavy atom. The fraction of sp³-hybridized carbons (Fsp3) is 0.316. The molecule has 0 N–H and O–H groups in total. The number of benzene rings is 2. The van der Waals surface area contributed by atoms with Gasteiger partial charge in [0.1, 0.15) is 11.5 Å². The van der Waals surface area contributed by atoms with Gasteiger partial charge >= 0.3 is 0 Å². The van der Waals surface area contributed by atoms with E-state index in [0.717, 1.165) is 29.0 Å². The Hall–Kier alpha value is -2.47. The molecule has 0 amide bonds. The zero-order chi connectivity index (χ0) is 15.9. The lowest BCUT2D eigenvalue weighted by atomic mass is 9.91. The van der Waals surface area contributed by atoms with Gasteiger partial charge in [-0.3, -0.25) is 0 Å². The first kappa shape index (κ1) is 15.9.